The number of hydrogen-bond donors (Lipinski definition) is 4. The lowest BCUT2D eigenvalue weighted by Gasteiger charge is -2.13. The molecule has 0 aliphatic carbocycles. The van der Waals surface area contributed by atoms with E-state index < -0.39 is 6.04 Å². The molecule has 0 fully saturated rings. The van der Waals surface area contributed by atoms with Crippen LogP contribution in [-0.2, 0) is 11.2 Å². The second kappa shape index (κ2) is 6.19. The number of rotatable bonds is 6. The van der Waals surface area contributed by atoms with E-state index in [1.54, 1.807) is 0 Å². The van der Waals surface area contributed by atoms with E-state index in [0.717, 1.165) is 0 Å². The number of H-pyrrole nitrogens is 2. The van der Waals surface area contributed by atoms with E-state index in [2.05, 4.69) is 20.5 Å². The molecule has 1 aromatic rings. The van der Waals surface area contributed by atoms with Crippen LogP contribution >= 0.6 is 0 Å². The van der Waals surface area contributed by atoms with Gasteiger partial charge >= 0.3 is 5.69 Å². The number of aromatic amines is 2. The van der Waals surface area contributed by atoms with Gasteiger partial charge in [0, 0.05) is 13.0 Å². The van der Waals surface area contributed by atoms with Gasteiger partial charge in [-0.15, -0.1) is 0 Å². The summed E-state index contributed by atoms with van der Waals surface area (Å²) in [5, 5.41) is 8.69. The maximum atomic E-state index is 11.5. The average molecular weight is 241 g/mol. The first-order valence-electron chi connectivity index (χ1n) is 5.66. The van der Waals surface area contributed by atoms with Gasteiger partial charge in [0.25, 0.3) is 0 Å². The number of nitrogens with two attached hydrogens (primary N) is 1. The van der Waals surface area contributed by atoms with Crippen LogP contribution in [0.3, 0.4) is 0 Å². The van der Waals surface area contributed by atoms with Crippen LogP contribution < -0.4 is 16.7 Å². The molecule has 0 aliphatic rings. The molecule has 5 N–H and O–H groups in total. The van der Waals surface area contributed by atoms with Crippen LogP contribution in [0.15, 0.2) is 4.79 Å². The van der Waals surface area contributed by atoms with Gasteiger partial charge in [0.1, 0.15) is 5.82 Å². The molecule has 0 saturated carbocycles. The molecule has 7 nitrogen and oxygen atoms in total. The Balaban J connectivity index is 2.26. The van der Waals surface area contributed by atoms with Crippen LogP contribution in [0.25, 0.3) is 0 Å². The predicted octanol–water partition coefficient (Wildman–Crippen LogP) is -0.870. The molecule has 1 aromatic heterocycles. The summed E-state index contributed by atoms with van der Waals surface area (Å²) >= 11 is 0. The maximum absolute atomic E-state index is 11.5. The van der Waals surface area contributed by atoms with E-state index in [1.807, 2.05) is 13.8 Å². The van der Waals surface area contributed by atoms with Crippen LogP contribution in [0.5, 0.6) is 0 Å². The zero-order valence-corrected chi connectivity index (χ0v) is 10.1. The topological polar surface area (TPSA) is 117 Å². The highest BCUT2D eigenvalue weighted by molar-refractivity contribution is 5.81. The van der Waals surface area contributed by atoms with Gasteiger partial charge < -0.3 is 11.1 Å². The summed E-state index contributed by atoms with van der Waals surface area (Å²) in [5.41, 5.74) is 5.37. The molecular weight excluding hydrogens is 222 g/mol. The lowest BCUT2D eigenvalue weighted by Crippen LogP contribution is -2.42. The minimum Gasteiger partial charge on any atom is -0.354 e. The lowest BCUT2D eigenvalue weighted by atomic mass is 10.0. The van der Waals surface area contributed by atoms with E-state index in [1.165, 1.54) is 0 Å². The van der Waals surface area contributed by atoms with Crippen molar-refractivity contribution in [2.45, 2.75) is 32.7 Å². The molecule has 0 saturated heterocycles. The second-order valence-electron chi connectivity index (χ2n) is 4.40. The molecule has 1 amide bonds. The highest BCUT2D eigenvalue weighted by Crippen LogP contribution is 2.02. The quantitative estimate of drug-likeness (QED) is 0.518. The molecule has 17 heavy (non-hydrogen) atoms. The Morgan fingerprint density at radius 2 is 2.24 bits per heavy atom. The Hall–Kier alpha value is -1.63. The van der Waals surface area contributed by atoms with Crippen molar-refractivity contribution < 1.29 is 4.79 Å². The third kappa shape index (κ3) is 4.81. The van der Waals surface area contributed by atoms with Gasteiger partial charge in [-0.3, -0.25) is 9.78 Å². The highest BCUT2D eigenvalue weighted by atomic mass is 16.2. The summed E-state index contributed by atoms with van der Waals surface area (Å²) in [7, 11) is 0. The molecule has 0 aromatic carbocycles. The monoisotopic (exact) mass is 241 g/mol. The van der Waals surface area contributed by atoms with E-state index in [0.29, 0.717) is 31.1 Å². The summed E-state index contributed by atoms with van der Waals surface area (Å²) in [6.07, 6.45) is 1.13. The standard InChI is InChI=1S/C10H19N5O2/c1-6(2)5-7(11)9(16)12-4-3-8-13-10(17)15-14-8/h6-7H,3-5,11H2,1-2H3,(H,12,16)(H2,13,14,15,17)/t7-/m0/s1. The maximum Gasteiger partial charge on any atom is 0.340 e. The predicted molar refractivity (Wildman–Crippen MR) is 63.4 cm³/mol. The van der Waals surface area contributed by atoms with Crippen LogP contribution in [0, 0.1) is 5.92 Å². The number of nitrogens with one attached hydrogen (secondary N) is 3. The van der Waals surface area contributed by atoms with Crippen molar-refractivity contribution >= 4 is 5.91 Å². The summed E-state index contributed by atoms with van der Waals surface area (Å²) in [5.74, 6) is 0.739. The summed E-state index contributed by atoms with van der Waals surface area (Å²) in [4.78, 5) is 24.8. The minimum absolute atomic E-state index is 0.170. The fraction of sp³-hybridized carbons (Fsp3) is 0.700. The number of nitrogens with zero attached hydrogens (tertiary/aromatic N) is 1. The molecule has 1 heterocycles. The summed E-state index contributed by atoms with van der Waals surface area (Å²) in [6, 6.07) is -0.478. The molecule has 0 radical (unpaired) electrons. The molecular formula is C10H19N5O2. The van der Waals surface area contributed by atoms with Crippen LogP contribution in [0.4, 0.5) is 0 Å². The van der Waals surface area contributed by atoms with E-state index in [4.69, 9.17) is 5.73 Å². The average Bonchev–Trinajstić information content (AvgIpc) is 2.63. The van der Waals surface area contributed by atoms with Gasteiger partial charge in [-0.25, -0.2) is 9.89 Å². The Morgan fingerprint density at radius 3 is 2.76 bits per heavy atom. The van der Waals surface area contributed by atoms with E-state index in [-0.39, 0.29) is 11.6 Å². The van der Waals surface area contributed by atoms with Crippen molar-refractivity contribution in [1.82, 2.24) is 20.5 Å². The number of carbonyl (C=O) groups excluding carboxylic acids is 1. The first-order valence-corrected chi connectivity index (χ1v) is 5.66. The first kappa shape index (κ1) is 13.4. The fourth-order valence-corrected chi connectivity index (χ4v) is 1.47. The Bertz CT molecular complexity index is 409. The normalized spacial score (nSPS) is 12.7. The minimum atomic E-state index is -0.478. The number of carbonyl (C=O) groups is 1. The van der Waals surface area contributed by atoms with Gasteiger partial charge in [-0.2, -0.15) is 5.10 Å². The Labute approximate surface area is 99.2 Å². The molecule has 0 bridgehead atoms. The molecule has 0 spiro atoms. The fourth-order valence-electron chi connectivity index (χ4n) is 1.47. The SMILES string of the molecule is CC(C)C[C@H](N)C(=O)NCCc1n[nH]c(=O)[nH]1. The van der Waals surface area contributed by atoms with Crippen molar-refractivity contribution in [3.63, 3.8) is 0 Å². The van der Waals surface area contributed by atoms with E-state index >= 15 is 0 Å². The van der Waals surface area contributed by atoms with Crippen molar-refractivity contribution in [2.75, 3.05) is 6.54 Å². The molecule has 1 rings (SSSR count). The van der Waals surface area contributed by atoms with Gasteiger partial charge in [-0.1, -0.05) is 13.8 Å². The largest absolute Gasteiger partial charge is 0.354 e. The number of amides is 1. The van der Waals surface area contributed by atoms with Crippen LogP contribution in [0.2, 0.25) is 0 Å². The second-order valence-corrected chi connectivity index (χ2v) is 4.40. The molecule has 1 atom stereocenters. The zero-order chi connectivity index (χ0) is 12.8. The van der Waals surface area contributed by atoms with Crippen molar-refractivity contribution in [1.29, 1.82) is 0 Å². The highest BCUT2D eigenvalue weighted by Gasteiger charge is 2.14. The van der Waals surface area contributed by atoms with Crippen LogP contribution in [-0.4, -0.2) is 33.7 Å². The Kier molecular flexibility index (Phi) is 4.89. The van der Waals surface area contributed by atoms with Gasteiger partial charge in [0.05, 0.1) is 6.04 Å². The van der Waals surface area contributed by atoms with Gasteiger partial charge in [-0.05, 0) is 12.3 Å². The van der Waals surface area contributed by atoms with Crippen LogP contribution in [0.1, 0.15) is 26.1 Å². The number of hydrogen-bond acceptors (Lipinski definition) is 4. The molecule has 0 unspecified atom stereocenters. The zero-order valence-electron chi connectivity index (χ0n) is 10.1. The molecule has 0 aliphatic heterocycles. The van der Waals surface area contributed by atoms with Crippen molar-refractivity contribution in [3.05, 3.63) is 16.3 Å². The van der Waals surface area contributed by atoms with E-state index in [9.17, 15) is 9.59 Å². The molecule has 96 valence electrons. The smallest absolute Gasteiger partial charge is 0.340 e. The summed E-state index contributed by atoms with van der Waals surface area (Å²) < 4.78 is 0. The summed E-state index contributed by atoms with van der Waals surface area (Å²) in [6.45, 7) is 4.44. The lowest BCUT2D eigenvalue weighted by molar-refractivity contribution is -0.122. The van der Waals surface area contributed by atoms with Gasteiger partial charge in [0.2, 0.25) is 5.91 Å². The molecule has 7 heteroatoms. The third-order valence-electron chi connectivity index (χ3n) is 2.27. The van der Waals surface area contributed by atoms with Gasteiger partial charge in [0.15, 0.2) is 0 Å². The Morgan fingerprint density at radius 1 is 1.53 bits per heavy atom. The number of aromatic nitrogens is 3. The van der Waals surface area contributed by atoms with Crippen molar-refractivity contribution in [3.8, 4) is 0 Å². The van der Waals surface area contributed by atoms with Crippen molar-refractivity contribution in [2.24, 2.45) is 11.7 Å². The first-order chi connectivity index (χ1) is 7.99. The third-order valence-corrected chi connectivity index (χ3v) is 2.27.